The molecule has 0 aromatic heterocycles. The Bertz CT molecular complexity index is 395. The van der Waals surface area contributed by atoms with Crippen LogP contribution in [0.25, 0.3) is 0 Å². The van der Waals surface area contributed by atoms with Gasteiger partial charge in [-0.05, 0) is 60.2 Å². The molecule has 0 bridgehead atoms. The van der Waals surface area contributed by atoms with Crippen LogP contribution in [0, 0.1) is 5.41 Å². The Hall–Kier alpha value is -0.810. The normalized spacial score (nSPS) is 29.7. The lowest BCUT2D eigenvalue weighted by molar-refractivity contribution is 0.0108. The third kappa shape index (κ3) is 4.35. The van der Waals surface area contributed by atoms with Crippen LogP contribution in [0.1, 0.15) is 53.9 Å². The minimum atomic E-state index is -0.441. The van der Waals surface area contributed by atoms with Crippen molar-refractivity contribution < 1.29 is 9.53 Å². The summed E-state index contributed by atoms with van der Waals surface area (Å²) in [5.74, 6) is 0. The van der Waals surface area contributed by atoms with Crippen molar-refractivity contribution in [3.05, 3.63) is 0 Å². The van der Waals surface area contributed by atoms with Crippen molar-refractivity contribution in [1.82, 2.24) is 15.5 Å². The Morgan fingerprint density at radius 1 is 1.18 bits per heavy atom. The number of nitrogens with zero attached hydrogens (tertiary/aromatic N) is 1. The van der Waals surface area contributed by atoms with Crippen LogP contribution in [0.4, 0.5) is 4.79 Å². The van der Waals surface area contributed by atoms with Crippen LogP contribution in [0.15, 0.2) is 0 Å². The number of carbonyl (C=O) groups excluding carboxylic acids is 1. The molecule has 0 aromatic carbocycles. The molecule has 0 radical (unpaired) electrons. The lowest BCUT2D eigenvalue weighted by atomic mass is 9.62. The summed E-state index contributed by atoms with van der Waals surface area (Å²) < 4.78 is 5.36. The predicted octanol–water partition coefficient (Wildman–Crippen LogP) is 2.36. The van der Waals surface area contributed by atoms with E-state index in [1.807, 2.05) is 20.8 Å². The van der Waals surface area contributed by atoms with Gasteiger partial charge in [0, 0.05) is 23.5 Å². The van der Waals surface area contributed by atoms with Crippen molar-refractivity contribution in [2.75, 3.05) is 20.1 Å². The number of carbonyl (C=O) groups is 1. The smallest absolute Gasteiger partial charge is 0.407 e. The molecule has 1 amide bonds. The van der Waals surface area contributed by atoms with Crippen LogP contribution in [-0.4, -0.2) is 54.9 Å². The molecular weight excluding hydrogens is 278 g/mol. The molecule has 5 nitrogen and oxygen atoms in total. The van der Waals surface area contributed by atoms with Crippen LogP contribution in [0.3, 0.4) is 0 Å². The second-order valence-electron chi connectivity index (χ2n) is 8.55. The third-order valence-electron chi connectivity index (χ3n) is 5.11. The average Bonchev–Trinajstić information content (AvgIpc) is 2.37. The van der Waals surface area contributed by atoms with Gasteiger partial charge in [0.2, 0.25) is 0 Å². The average molecular weight is 311 g/mol. The fourth-order valence-corrected chi connectivity index (χ4v) is 3.36. The van der Waals surface area contributed by atoms with Gasteiger partial charge in [0.15, 0.2) is 0 Å². The lowest BCUT2D eigenvalue weighted by Gasteiger charge is -2.54. The van der Waals surface area contributed by atoms with Gasteiger partial charge in [0.25, 0.3) is 0 Å². The van der Waals surface area contributed by atoms with E-state index in [2.05, 4.69) is 36.4 Å². The highest BCUT2D eigenvalue weighted by Gasteiger charge is 2.49. The van der Waals surface area contributed by atoms with E-state index in [4.69, 9.17) is 4.74 Å². The van der Waals surface area contributed by atoms with E-state index in [1.54, 1.807) is 0 Å². The number of hydrogen-bond acceptors (Lipinski definition) is 4. The third-order valence-corrected chi connectivity index (χ3v) is 5.11. The Balaban J connectivity index is 1.78. The van der Waals surface area contributed by atoms with Gasteiger partial charge in [0.1, 0.15) is 5.60 Å². The topological polar surface area (TPSA) is 53.6 Å². The molecule has 22 heavy (non-hydrogen) atoms. The van der Waals surface area contributed by atoms with E-state index in [0.29, 0.717) is 12.1 Å². The van der Waals surface area contributed by atoms with Crippen LogP contribution < -0.4 is 10.6 Å². The van der Waals surface area contributed by atoms with Crippen molar-refractivity contribution in [2.24, 2.45) is 5.41 Å². The van der Waals surface area contributed by atoms with Crippen LogP contribution in [0.2, 0.25) is 0 Å². The van der Waals surface area contributed by atoms with E-state index in [-0.39, 0.29) is 17.6 Å². The lowest BCUT2D eigenvalue weighted by Crippen LogP contribution is -2.67. The molecule has 1 heterocycles. The highest BCUT2D eigenvalue weighted by Crippen LogP contribution is 2.41. The predicted molar refractivity (Wildman–Crippen MR) is 89.0 cm³/mol. The highest BCUT2D eigenvalue weighted by molar-refractivity contribution is 5.68. The van der Waals surface area contributed by atoms with Crippen molar-refractivity contribution in [2.45, 2.75) is 77.6 Å². The van der Waals surface area contributed by atoms with Gasteiger partial charge in [-0.15, -0.1) is 0 Å². The second kappa shape index (κ2) is 6.36. The summed E-state index contributed by atoms with van der Waals surface area (Å²) in [6.07, 6.45) is 3.11. The number of amides is 1. The summed E-state index contributed by atoms with van der Waals surface area (Å²) in [5, 5.41) is 6.83. The van der Waals surface area contributed by atoms with E-state index >= 15 is 0 Å². The van der Waals surface area contributed by atoms with Gasteiger partial charge in [-0.25, -0.2) is 4.79 Å². The summed E-state index contributed by atoms with van der Waals surface area (Å²) in [7, 11) is 2.18. The molecule has 5 heteroatoms. The first-order valence-electron chi connectivity index (χ1n) is 8.52. The summed E-state index contributed by atoms with van der Waals surface area (Å²) in [6, 6.07) is 1.27. The second-order valence-corrected chi connectivity index (χ2v) is 8.55. The first-order chi connectivity index (χ1) is 10.1. The Kier molecular flexibility index (Phi) is 5.07. The van der Waals surface area contributed by atoms with Crippen molar-refractivity contribution >= 4 is 6.09 Å². The van der Waals surface area contributed by atoms with Crippen molar-refractivity contribution in [3.8, 4) is 0 Å². The number of likely N-dealkylation sites (tertiary alicyclic amines) is 1. The summed E-state index contributed by atoms with van der Waals surface area (Å²) in [5.41, 5.74) is -0.371. The monoisotopic (exact) mass is 311 g/mol. The quantitative estimate of drug-likeness (QED) is 0.840. The number of hydrogen-bond donors (Lipinski definition) is 2. The molecular formula is C17H33N3O2. The van der Waals surface area contributed by atoms with E-state index < -0.39 is 5.60 Å². The Morgan fingerprint density at radius 3 is 2.27 bits per heavy atom. The standard InChI is InChI=1S/C17H33N3O2/c1-16(2,3)22-15(21)19-14-11-13(17(14,4)5)18-12-7-9-20(6)10-8-12/h12-14,18H,7-11H2,1-6H3,(H,19,21). The van der Waals surface area contributed by atoms with E-state index in [1.165, 1.54) is 25.9 Å². The largest absolute Gasteiger partial charge is 0.444 e. The van der Waals surface area contributed by atoms with Crippen molar-refractivity contribution in [1.29, 1.82) is 0 Å². The van der Waals surface area contributed by atoms with Gasteiger partial charge < -0.3 is 20.3 Å². The van der Waals surface area contributed by atoms with Gasteiger partial charge in [-0.1, -0.05) is 13.8 Å². The molecule has 2 atom stereocenters. The molecule has 2 unspecified atom stereocenters. The number of piperidine rings is 1. The maximum atomic E-state index is 11.9. The Morgan fingerprint density at radius 2 is 1.77 bits per heavy atom. The molecule has 1 saturated heterocycles. The van der Waals surface area contributed by atoms with Gasteiger partial charge in [-0.2, -0.15) is 0 Å². The molecule has 2 aliphatic rings. The minimum absolute atomic E-state index is 0.0697. The molecule has 0 aromatic rings. The van der Waals surface area contributed by atoms with Crippen LogP contribution in [-0.2, 0) is 4.74 Å². The first kappa shape index (κ1) is 17.5. The van der Waals surface area contributed by atoms with Crippen molar-refractivity contribution in [3.63, 3.8) is 0 Å². The number of rotatable bonds is 3. The highest BCUT2D eigenvalue weighted by atomic mass is 16.6. The van der Waals surface area contributed by atoms with E-state index in [9.17, 15) is 4.79 Å². The molecule has 128 valence electrons. The SMILES string of the molecule is CN1CCC(NC2CC(NC(=O)OC(C)(C)C)C2(C)C)CC1. The molecule has 0 spiro atoms. The summed E-state index contributed by atoms with van der Waals surface area (Å²) in [6.45, 7) is 12.5. The zero-order chi connectivity index (χ0) is 16.5. The maximum absolute atomic E-state index is 11.9. The first-order valence-corrected chi connectivity index (χ1v) is 8.52. The molecule has 1 aliphatic carbocycles. The number of ether oxygens (including phenoxy) is 1. The van der Waals surface area contributed by atoms with Gasteiger partial charge in [-0.3, -0.25) is 0 Å². The Labute approximate surface area is 135 Å². The van der Waals surface area contributed by atoms with Crippen LogP contribution in [0.5, 0.6) is 0 Å². The number of nitrogens with one attached hydrogen (secondary N) is 2. The molecule has 1 aliphatic heterocycles. The maximum Gasteiger partial charge on any atom is 0.407 e. The summed E-state index contributed by atoms with van der Waals surface area (Å²) in [4.78, 5) is 14.3. The fraction of sp³-hybridized carbons (Fsp3) is 0.941. The fourth-order valence-electron chi connectivity index (χ4n) is 3.36. The molecule has 1 saturated carbocycles. The van der Waals surface area contributed by atoms with Crippen LogP contribution >= 0.6 is 0 Å². The molecule has 2 rings (SSSR count). The van der Waals surface area contributed by atoms with E-state index in [0.717, 1.165) is 6.42 Å². The summed E-state index contributed by atoms with van der Waals surface area (Å²) >= 11 is 0. The van der Waals surface area contributed by atoms with Gasteiger partial charge in [0.05, 0.1) is 0 Å². The zero-order valence-electron chi connectivity index (χ0n) is 15.0. The minimum Gasteiger partial charge on any atom is -0.444 e. The molecule has 2 N–H and O–H groups in total. The number of alkyl carbamates (subject to hydrolysis) is 1. The molecule has 2 fully saturated rings. The van der Waals surface area contributed by atoms with Gasteiger partial charge >= 0.3 is 6.09 Å². The zero-order valence-corrected chi connectivity index (χ0v) is 15.0.